The molecule has 0 aliphatic rings. The van der Waals surface area contributed by atoms with Gasteiger partial charge in [0, 0.05) is 35.7 Å². The molecular weight excluding hydrogens is 431 g/mol. The van der Waals surface area contributed by atoms with Gasteiger partial charge in [-0.3, -0.25) is 4.79 Å². The minimum Gasteiger partial charge on any atom is -0.438 e. The molecule has 2 N–H and O–H groups in total. The van der Waals surface area contributed by atoms with E-state index in [-0.39, 0.29) is 35.9 Å². The Morgan fingerprint density at radius 2 is 1.77 bits per heavy atom. The van der Waals surface area contributed by atoms with Crippen molar-refractivity contribution in [2.45, 2.75) is 17.7 Å². The summed E-state index contributed by atoms with van der Waals surface area (Å²) in [5, 5.41) is 8.96. The lowest BCUT2D eigenvalue weighted by Gasteiger charge is -2.40. The number of nitrogens with zero attached hydrogens (tertiary/aromatic N) is 1. The number of aromatic amines is 1. The number of halogens is 5. The standard InChI is InChI=1S/C19H17F5N2O3S/c20-30(21,22,23,24)16-7-5-15(6-8-16)29-19-17(4-1-9-25-19)14-11-13(3-2-10-27)18(28)26-12-14/h1,4-9,11-12,27H,2-3,10H2,(H,26,28). The van der Waals surface area contributed by atoms with Crippen LogP contribution in [-0.2, 0) is 6.42 Å². The Morgan fingerprint density at radius 1 is 1.07 bits per heavy atom. The maximum atomic E-state index is 12.9. The first-order chi connectivity index (χ1) is 13.9. The van der Waals surface area contributed by atoms with E-state index in [4.69, 9.17) is 9.84 Å². The van der Waals surface area contributed by atoms with Crippen LogP contribution in [0.1, 0.15) is 12.0 Å². The van der Waals surface area contributed by atoms with Crippen LogP contribution in [0.3, 0.4) is 0 Å². The van der Waals surface area contributed by atoms with Crippen molar-refractivity contribution in [3.8, 4) is 22.8 Å². The average molecular weight is 448 g/mol. The molecule has 0 aliphatic carbocycles. The van der Waals surface area contributed by atoms with Gasteiger partial charge < -0.3 is 14.8 Å². The topological polar surface area (TPSA) is 75.2 Å². The zero-order valence-electron chi connectivity index (χ0n) is 15.3. The molecule has 0 spiro atoms. The van der Waals surface area contributed by atoms with Crippen LogP contribution >= 0.6 is 10.2 Å². The van der Waals surface area contributed by atoms with Crippen LogP contribution in [0, 0.1) is 0 Å². The van der Waals surface area contributed by atoms with Crippen molar-refractivity contribution in [1.29, 1.82) is 0 Å². The van der Waals surface area contributed by atoms with Crippen molar-refractivity contribution >= 4 is 10.2 Å². The first-order valence-corrected chi connectivity index (χ1v) is 10.6. The maximum absolute atomic E-state index is 12.9. The van der Waals surface area contributed by atoms with Gasteiger partial charge in [0.1, 0.15) is 10.6 Å². The van der Waals surface area contributed by atoms with E-state index in [1.54, 1.807) is 18.2 Å². The van der Waals surface area contributed by atoms with Crippen LogP contribution in [0.5, 0.6) is 11.6 Å². The molecule has 3 rings (SSSR count). The van der Waals surface area contributed by atoms with Gasteiger partial charge in [-0.2, -0.15) is 0 Å². The van der Waals surface area contributed by atoms with E-state index in [9.17, 15) is 24.2 Å². The summed E-state index contributed by atoms with van der Waals surface area (Å²) in [5.74, 6) is -0.108. The van der Waals surface area contributed by atoms with Gasteiger partial charge in [0.05, 0.1) is 0 Å². The zero-order valence-corrected chi connectivity index (χ0v) is 16.1. The first kappa shape index (κ1) is 21.8. The number of aryl methyl sites for hydroxylation is 1. The number of aliphatic hydroxyl groups is 1. The number of pyridine rings is 2. The summed E-state index contributed by atoms with van der Waals surface area (Å²) in [4.78, 5) is 16.5. The Balaban J connectivity index is 1.93. The third-order valence-electron chi connectivity index (χ3n) is 4.15. The van der Waals surface area contributed by atoms with Crippen molar-refractivity contribution in [3.05, 3.63) is 70.8 Å². The van der Waals surface area contributed by atoms with Crippen LogP contribution in [-0.4, -0.2) is 21.7 Å². The van der Waals surface area contributed by atoms with Gasteiger partial charge >= 0.3 is 10.2 Å². The fraction of sp³-hybridized carbons (Fsp3) is 0.158. The van der Waals surface area contributed by atoms with Gasteiger partial charge in [-0.15, -0.1) is 0 Å². The Bertz CT molecular complexity index is 1120. The van der Waals surface area contributed by atoms with E-state index >= 15 is 0 Å². The van der Waals surface area contributed by atoms with Gasteiger partial charge in [0.2, 0.25) is 5.88 Å². The second-order valence-corrected chi connectivity index (χ2v) is 8.88. The van der Waals surface area contributed by atoms with E-state index in [1.807, 2.05) is 0 Å². The predicted molar refractivity (Wildman–Crippen MR) is 104 cm³/mol. The van der Waals surface area contributed by atoms with Crippen LogP contribution in [0.2, 0.25) is 0 Å². The van der Waals surface area contributed by atoms with E-state index in [2.05, 4.69) is 9.97 Å². The van der Waals surface area contributed by atoms with Crippen molar-refractivity contribution in [1.82, 2.24) is 9.97 Å². The molecule has 2 heterocycles. The minimum absolute atomic E-state index is 0.0118. The molecule has 0 bridgehead atoms. The van der Waals surface area contributed by atoms with Crippen molar-refractivity contribution in [2.24, 2.45) is 0 Å². The summed E-state index contributed by atoms with van der Waals surface area (Å²) in [6.07, 6.45) is 3.54. The van der Waals surface area contributed by atoms with Gasteiger partial charge in [0.15, 0.2) is 0 Å². The third-order valence-corrected chi connectivity index (χ3v) is 5.31. The van der Waals surface area contributed by atoms with E-state index in [0.29, 0.717) is 29.5 Å². The molecule has 30 heavy (non-hydrogen) atoms. The molecule has 0 fully saturated rings. The third kappa shape index (κ3) is 5.16. The SMILES string of the molecule is O=c1[nH]cc(-c2cccnc2Oc2ccc(S(F)(F)(F)(F)F)cc2)cc1CCCO. The molecule has 2 aromatic heterocycles. The van der Waals surface area contributed by atoms with Crippen LogP contribution in [0.4, 0.5) is 19.4 Å². The first-order valence-electron chi connectivity index (χ1n) is 8.67. The zero-order chi connectivity index (χ0) is 22.1. The quantitative estimate of drug-likeness (QED) is 0.447. The van der Waals surface area contributed by atoms with Crippen molar-refractivity contribution in [2.75, 3.05) is 6.61 Å². The molecule has 162 valence electrons. The van der Waals surface area contributed by atoms with Crippen LogP contribution in [0.25, 0.3) is 11.1 Å². The van der Waals surface area contributed by atoms with E-state index < -0.39 is 15.1 Å². The fourth-order valence-corrected chi connectivity index (χ4v) is 3.36. The van der Waals surface area contributed by atoms with Crippen LogP contribution < -0.4 is 10.3 Å². The fourth-order valence-electron chi connectivity index (χ4n) is 2.71. The second-order valence-electron chi connectivity index (χ2n) is 6.47. The molecule has 0 saturated carbocycles. The molecular formula is C19H17F5N2O3S. The van der Waals surface area contributed by atoms with Gasteiger partial charge in [-0.05, 0) is 55.3 Å². The van der Waals surface area contributed by atoms with Gasteiger partial charge in [0.25, 0.3) is 5.56 Å². The summed E-state index contributed by atoms with van der Waals surface area (Å²) in [6, 6.07) is 6.89. The highest BCUT2D eigenvalue weighted by Gasteiger charge is 2.65. The molecule has 0 amide bonds. The highest BCUT2D eigenvalue weighted by Crippen LogP contribution is 3.02. The normalized spacial score (nSPS) is 14.1. The molecule has 0 atom stereocenters. The minimum atomic E-state index is -9.77. The highest BCUT2D eigenvalue weighted by atomic mass is 32.5. The molecule has 3 aromatic rings. The van der Waals surface area contributed by atoms with Crippen LogP contribution in [0.15, 0.2) is 64.5 Å². The number of nitrogens with one attached hydrogen (secondary N) is 1. The lowest BCUT2D eigenvalue weighted by molar-refractivity contribution is 0.288. The Labute approximate surface area is 167 Å². The number of hydrogen-bond donors (Lipinski definition) is 2. The maximum Gasteiger partial charge on any atom is 0.310 e. The lowest BCUT2D eigenvalue weighted by Crippen LogP contribution is -2.12. The summed E-state index contributed by atoms with van der Waals surface area (Å²) in [6.45, 7) is -0.0834. The van der Waals surface area contributed by atoms with E-state index in [1.165, 1.54) is 12.4 Å². The lowest BCUT2D eigenvalue weighted by atomic mass is 10.0. The molecule has 0 aliphatic heterocycles. The van der Waals surface area contributed by atoms with Crippen molar-refractivity contribution in [3.63, 3.8) is 0 Å². The molecule has 11 heteroatoms. The van der Waals surface area contributed by atoms with Gasteiger partial charge in [-0.25, -0.2) is 4.98 Å². The van der Waals surface area contributed by atoms with E-state index in [0.717, 1.165) is 12.1 Å². The Hall–Kier alpha value is -2.92. The highest BCUT2D eigenvalue weighted by molar-refractivity contribution is 8.45. The molecule has 0 radical (unpaired) electrons. The Morgan fingerprint density at radius 3 is 2.40 bits per heavy atom. The number of aromatic nitrogens is 2. The second kappa shape index (κ2) is 7.10. The number of ether oxygens (including phenoxy) is 1. The summed E-state index contributed by atoms with van der Waals surface area (Å²) < 4.78 is 69.8. The summed E-state index contributed by atoms with van der Waals surface area (Å²) >= 11 is 0. The molecule has 0 unspecified atom stereocenters. The number of rotatable bonds is 7. The monoisotopic (exact) mass is 448 g/mol. The summed E-state index contributed by atoms with van der Waals surface area (Å²) in [7, 11) is -9.77. The smallest absolute Gasteiger partial charge is 0.310 e. The Kier molecular flexibility index (Phi) is 5.15. The average Bonchev–Trinajstić information content (AvgIpc) is 2.66. The largest absolute Gasteiger partial charge is 0.438 e. The van der Waals surface area contributed by atoms with Crippen molar-refractivity contribution < 1.29 is 29.3 Å². The number of benzene rings is 1. The predicted octanol–water partition coefficient (Wildman–Crippen LogP) is 5.81. The molecule has 1 aromatic carbocycles. The number of aliphatic hydroxyl groups excluding tert-OH is 1. The molecule has 5 nitrogen and oxygen atoms in total. The molecule has 0 saturated heterocycles. The van der Waals surface area contributed by atoms with Gasteiger partial charge in [-0.1, -0.05) is 19.4 Å². The number of H-pyrrole nitrogens is 1. The summed E-state index contributed by atoms with van der Waals surface area (Å²) in [5.41, 5.74) is 1.06. The number of hydrogen-bond acceptors (Lipinski definition) is 4.